The van der Waals surface area contributed by atoms with E-state index in [9.17, 15) is 10.2 Å². The minimum absolute atomic E-state index is 0.00733. The van der Waals surface area contributed by atoms with Crippen LogP contribution in [0.25, 0.3) is 0 Å². The Kier molecular flexibility index (Phi) is 4.08. The van der Waals surface area contributed by atoms with Crippen LogP contribution in [0.15, 0.2) is 0 Å². The summed E-state index contributed by atoms with van der Waals surface area (Å²) >= 11 is 0. The van der Waals surface area contributed by atoms with Gasteiger partial charge < -0.3 is 24.8 Å². The van der Waals surface area contributed by atoms with Crippen molar-refractivity contribution >= 4 is 0 Å². The number of hydrogen-bond donors (Lipinski definition) is 3. The van der Waals surface area contributed by atoms with Crippen molar-refractivity contribution in [1.29, 1.82) is 0 Å². The zero-order valence-corrected chi connectivity index (χ0v) is 7.59. The first kappa shape index (κ1) is 10.9. The zero-order valence-electron chi connectivity index (χ0n) is 7.59. The minimum Gasteiger partial charge on any atom is -0.388 e. The number of rotatable bonds is 3. The molecule has 0 radical (unpaired) electrons. The third kappa shape index (κ3) is 2.62. The largest absolute Gasteiger partial charge is 0.388 e. The highest BCUT2D eigenvalue weighted by molar-refractivity contribution is 4.82. The molecule has 0 aromatic rings. The van der Waals surface area contributed by atoms with E-state index in [1.807, 2.05) is 6.92 Å². The topological polar surface area (TPSA) is 79.2 Å². The van der Waals surface area contributed by atoms with Crippen molar-refractivity contribution in [2.75, 3.05) is 13.2 Å². The monoisotopic (exact) mass is 192 g/mol. The van der Waals surface area contributed by atoms with Crippen LogP contribution in [-0.2, 0) is 9.47 Å². The second-order valence-electron chi connectivity index (χ2n) is 3.12. The van der Waals surface area contributed by atoms with Crippen molar-refractivity contribution in [2.24, 2.45) is 0 Å². The first-order chi connectivity index (χ1) is 6.16. The molecule has 3 N–H and O–H groups in total. The molecule has 13 heavy (non-hydrogen) atoms. The summed E-state index contributed by atoms with van der Waals surface area (Å²) in [6.45, 7) is 2.39. The molecular weight excluding hydrogens is 176 g/mol. The van der Waals surface area contributed by atoms with Crippen LogP contribution in [-0.4, -0.2) is 53.1 Å². The molecule has 1 heterocycles. The lowest BCUT2D eigenvalue weighted by molar-refractivity contribution is -0.269. The van der Waals surface area contributed by atoms with Crippen LogP contribution >= 0.6 is 0 Å². The molecule has 0 spiro atoms. The zero-order chi connectivity index (χ0) is 9.84. The highest BCUT2D eigenvalue weighted by atomic mass is 16.7. The fraction of sp³-hybridized carbons (Fsp3) is 1.00. The van der Waals surface area contributed by atoms with Crippen molar-refractivity contribution < 1.29 is 24.8 Å². The Hall–Kier alpha value is -0.200. The van der Waals surface area contributed by atoms with E-state index in [0.29, 0.717) is 6.61 Å². The van der Waals surface area contributed by atoms with Gasteiger partial charge in [-0.25, -0.2) is 0 Å². The molecule has 1 aliphatic heterocycles. The van der Waals surface area contributed by atoms with Gasteiger partial charge in [-0.3, -0.25) is 0 Å². The molecular formula is C8H16O5. The molecule has 5 heteroatoms. The molecule has 1 rings (SSSR count). The fourth-order valence-corrected chi connectivity index (χ4v) is 1.16. The summed E-state index contributed by atoms with van der Waals surface area (Å²) in [7, 11) is 0. The van der Waals surface area contributed by atoms with Gasteiger partial charge in [0.05, 0.1) is 6.61 Å². The van der Waals surface area contributed by atoms with Crippen LogP contribution in [0.4, 0.5) is 0 Å². The van der Waals surface area contributed by atoms with Crippen LogP contribution in [0.2, 0.25) is 0 Å². The van der Waals surface area contributed by atoms with E-state index in [1.165, 1.54) is 0 Å². The van der Waals surface area contributed by atoms with E-state index in [1.54, 1.807) is 0 Å². The lowest BCUT2D eigenvalue weighted by atomic mass is 10.1. The molecule has 0 bridgehead atoms. The molecule has 1 saturated heterocycles. The summed E-state index contributed by atoms with van der Waals surface area (Å²) in [6.07, 6.45) is -3.40. The Morgan fingerprint density at radius 3 is 2.62 bits per heavy atom. The molecule has 1 fully saturated rings. The first-order valence-corrected chi connectivity index (χ1v) is 4.44. The second kappa shape index (κ2) is 4.88. The standard InChI is InChI=1S/C8H16O5/c1-2-3-12-8-7(11)6(10)5(9)4-13-8/h5-11H,2-4H2,1H3/t5-,6+,7-,8?/m1/s1. The van der Waals surface area contributed by atoms with Gasteiger partial charge in [-0.05, 0) is 6.42 Å². The number of hydrogen-bond acceptors (Lipinski definition) is 5. The molecule has 0 aromatic heterocycles. The highest BCUT2D eigenvalue weighted by Crippen LogP contribution is 2.16. The van der Waals surface area contributed by atoms with Crippen molar-refractivity contribution in [3.63, 3.8) is 0 Å². The first-order valence-electron chi connectivity index (χ1n) is 4.44. The maximum absolute atomic E-state index is 9.37. The minimum atomic E-state index is -1.18. The molecule has 5 nitrogen and oxygen atoms in total. The van der Waals surface area contributed by atoms with E-state index < -0.39 is 24.6 Å². The molecule has 1 aliphatic rings. The Balaban J connectivity index is 2.39. The summed E-state index contributed by atoms with van der Waals surface area (Å²) in [5.74, 6) is 0. The smallest absolute Gasteiger partial charge is 0.186 e. The molecule has 1 unspecified atom stereocenters. The lowest BCUT2D eigenvalue weighted by Gasteiger charge is -2.34. The SMILES string of the molecule is CCCOC1OC[C@@H](O)[C@H](O)[C@H]1O. The molecule has 0 saturated carbocycles. The predicted molar refractivity (Wildman–Crippen MR) is 44.0 cm³/mol. The molecule has 4 atom stereocenters. The van der Waals surface area contributed by atoms with E-state index in [-0.39, 0.29) is 6.61 Å². The normalized spacial score (nSPS) is 40.6. The number of ether oxygens (including phenoxy) is 2. The van der Waals surface area contributed by atoms with Crippen molar-refractivity contribution in [3.8, 4) is 0 Å². The van der Waals surface area contributed by atoms with Crippen LogP contribution in [0.3, 0.4) is 0 Å². The predicted octanol–water partition coefficient (Wildman–Crippen LogP) is -1.15. The number of aliphatic hydroxyl groups excluding tert-OH is 3. The van der Waals surface area contributed by atoms with Crippen molar-refractivity contribution in [3.05, 3.63) is 0 Å². The van der Waals surface area contributed by atoms with Gasteiger partial charge in [0.25, 0.3) is 0 Å². The Labute approximate surface area is 76.9 Å². The third-order valence-electron chi connectivity index (χ3n) is 1.94. The van der Waals surface area contributed by atoms with Crippen molar-refractivity contribution in [2.45, 2.75) is 37.9 Å². The van der Waals surface area contributed by atoms with E-state index in [2.05, 4.69) is 0 Å². The summed E-state index contributed by atoms with van der Waals surface area (Å²) < 4.78 is 10.1. The highest BCUT2D eigenvalue weighted by Gasteiger charge is 2.37. The van der Waals surface area contributed by atoms with Crippen molar-refractivity contribution in [1.82, 2.24) is 0 Å². The Bertz CT molecular complexity index is 149. The number of aliphatic hydroxyl groups is 3. The molecule has 0 aromatic carbocycles. The third-order valence-corrected chi connectivity index (χ3v) is 1.94. The quantitative estimate of drug-likeness (QED) is 0.526. The van der Waals surface area contributed by atoms with Gasteiger partial charge in [0.2, 0.25) is 0 Å². The summed E-state index contributed by atoms with van der Waals surface area (Å²) in [5, 5.41) is 27.7. The average Bonchev–Trinajstić information content (AvgIpc) is 2.13. The molecule has 0 amide bonds. The van der Waals surface area contributed by atoms with Crippen LogP contribution < -0.4 is 0 Å². The van der Waals surface area contributed by atoms with Gasteiger partial charge in [0.1, 0.15) is 18.3 Å². The van der Waals surface area contributed by atoms with E-state index in [4.69, 9.17) is 14.6 Å². The van der Waals surface area contributed by atoms with Crippen LogP contribution in [0, 0.1) is 0 Å². The average molecular weight is 192 g/mol. The van der Waals surface area contributed by atoms with Gasteiger partial charge in [0.15, 0.2) is 6.29 Å². The fourth-order valence-electron chi connectivity index (χ4n) is 1.16. The van der Waals surface area contributed by atoms with E-state index in [0.717, 1.165) is 6.42 Å². The van der Waals surface area contributed by atoms with Gasteiger partial charge >= 0.3 is 0 Å². The van der Waals surface area contributed by atoms with Crippen LogP contribution in [0.5, 0.6) is 0 Å². The lowest BCUT2D eigenvalue weighted by Crippen LogP contribution is -2.53. The maximum Gasteiger partial charge on any atom is 0.186 e. The molecule has 78 valence electrons. The Morgan fingerprint density at radius 2 is 2.00 bits per heavy atom. The van der Waals surface area contributed by atoms with Gasteiger partial charge in [-0.1, -0.05) is 6.92 Å². The summed E-state index contributed by atoms with van der Waals surface area (Å²) in [5.41, 5.74) is 0. The van der Waals surface area contributed by atoms with Gasteiger partial charge in [-0.2, -0.15) is 0 Å². The summed E-state index contributed by atoms with van der Waals surface area (Å²) in [6, 6.07) is 0. The maximum atomic E-state index is 9.37. The second-order valence-corrected chi connectivity index (χ2v) is 3.12. The Morgan fingerprint density at radius 1 is 1.31 bits per heavy atom. The van der Waals surface area contributed by atoms with E-state index >= 15 is 0 Å². The van der Waals surface area contributed by atoms with Gasteiger partial charge in [-0.15, -0.1) is 0 Å². The van der Waals surface area contributed by atoms with Crippen LogP contribution in [0.1, 0.15) is 13.3 Å². The molecule has 0 aliphatic carbocycles. The summed E-state index contributed by atoms with van der Waals surface area (Å²) in [4.78, 5) is 0. The van der Waals surface area contributed by atoms with Gasteiger partial charge in [0, 0.05) is 6.61 Å².